The number of hydrogen-bond acceptors (Lipinski definition) is 6. The van der Waals surface area contributed by atoms with Gasteiger partial charge < -0.3 is 14.2 Å². The van der Waals surface area contributed by atoms with E-state index in [2.05, 4.69) is 93.7 Å². The molecule has 0 aromatic rings. The van der Waals surface area contributed by atoms with E-state index in [9.17, 15) is 14.4 Å². The fourth-order valence-corrected chi connectivity index (χ4v) is 8.12. The number of hydrogen-bond donors (Lipinski definition) is 0. The van der Waals surface area contributed by atoms with E-state index in [1.165, 1.54) is 154 Å². The molecule has 0 heterocycles. The van der Waals surface area contributed by atoms with Gasteiger partial charge in [-0.15, -0.1) is 0 Å². The second kappa shape index (κ2) is 56.4. The van der Waals surface area contributed by atoms with Gasteiger partial charge >= 0.3 is 17.9 Å². The SMILES string of the molecule is CC/C=C\C/C=C\C/C=C\C/C=C\C/C=C\CCCC(=O)OC(COC(=O)CCCCCCC/C=C\CCCCCC)COC(=O)CCCCCCCCCCCCCCCCCCCCCC. The van der Waals surface area contributed by atoms with E-state index in [-0.39, 0.29) is 37.5 Å². The third kappa shape index (κ3) is 53.8. The van der Waals surface area contributed by atoms with E-state index in [0.717, 1.165) is 83.5 Å². The van der Waals surface area contributed by atoms with Crippen molar-refractivity contribution in [3.63, 3.8) is 0 Å². The van der Waals surface area contributed by atoms with Crippen molar-refractivity contribution in [2.75, 3.05) is 13.2 Å². The highest BCUT2D eigenvalue weighted by molar-refractivity contribution is 5.71. The lowest BCUT2D eigenvalue weighted by molar-refractivity contribution is -0.167. The predicted octanol–water partition coefficient (Wildman–Crippen LogP) is 19.4. The topological polar surface area (TPSA) is 78.9 Å². The molecule has 392 valence electrons. The summed E-state index contributed by atoms with van der Waals surface area (Å²) >= 11 is 0. The van der Waals surface area contributed by atoms with Gasteiger partial charge in [-0.05, 0) is 83.5 Å². The van der Waals surface area contributed by atoms with Gasteiger partial charge in [-0.3, -0.25) is 14.4 Å². The molecule has 0 saturated heterocycles. The van der Waals surface area contributed by atoms with Gasteiger partial charge in [-0.1, -0.05) is 254 Å². The van der Waals surface area contributed by atoms with Crippen LogP contribution in [-0.2, 0) is 28.6 Å². The minimum atomic E-state index is -0.807. The number of carbonyl (C=O) groups is 3. The Labute approximate surface area is 421 Å². The minimum absolute atomic E-state index is 0.0982. The Hall–Kier alpha value is -3.15. The molecule has 0 amide bonds. The molecule has 0 aliphatic rings. The molecule has 0 N–H and O–H groups in total. The molecule has 0 rings (SSSR count). The molecule has 6 heteroatoms. The van der Waals surface area contributed by atoms with E-state index in [1.807, 2.05) is 0 Å². The maximum absolute atomic E-state index is 12.8. The normalized spacial score (nSPS) is 12.6. The van der Waals surface area contributed by atoms with E-state index in [0.29, 0.717) is 19.3 Å². The highest BCUT2D eigenvalue weighted by atomic mass is 16.6. The molecular formula is C62H108O6. The van der Waals surface area contributed by atoms with Gasteiger partial charge in [0, 0.05) is 19.3 Å². The number of esters is 3. The first-order valence-electron chi connectivity index (χ1n) is 28.9. The summed E-state index contributed by atoms with van der Waals surface area (Å²) in [6.07, 6.45) is 71.9. The van der Waals surface area contributed by atoms with Crippen LogP contribution in [0.15, 0.2) is 72.9 Å². The Kier molecular flexibility index (Phi) is 53.8. The first kappa shape index (κ1) is 64.8. The Balaban J connectivity index is 4.41. The van der Waals surface area contributed by atoms with Gasteiger partial charge in [0.2, 0.25) is 0 Å². The van der Waals surface area contributed by atoms with Crippen molar-refractivity contribution in [2.24, 2.45) is 0 Å². The molecule has 68 heavy (non-hydrogen) atoms. The van der Waals surface area contributed by atoms with Crippen LogP contribution in [0.3, 0.4) is 0 Å². The van der Waals surface area contributed by atoms with Crippen LogP contribution in [0, 0.1) is 0 Å². The first-order valence-corrected chi connectivity index (χ1v) is 28.9. The van der Waals surface area contributed by atoms with Crippen molar-refractivity contribution in [3.05, 3.63) is 72.9 Å². The van der Waals surface area contributed by atoms with Crippen molar-refractivity contribution < 1.29 is 28.6 Å². The van der Waals surface area contributed by atoms with Crippen LogP contribution in [-0.4, -0.2) is 37.2 Å². The highest BCUT2D eigenvalue weighted by Crippen LogP contribution is 2.16. The van der Waals surface area contributed by atoms with Crippen LogP contribution >= 0.6 is 0 Å². The Bertz CT molecular complexity index is 1270. The van der Waals surface area contributed by atoms with Crippen molar-refractivity contribution in [3.8, 4) is 0 Å². The molecule has 0 aromatic heterocycles. The third-order valence-corrected chi connectivity index (χ3v) is 12.4. The summed E-state index contributed by atoms with van der Waals surface area (Å²) in [5, 5.41) is 0. The lowest BCUT2D eigenvalue weighted by atomic mass is 10.0. The summed E-state index contributed by atoms with van der Waals surface area (Å²) in [5.74, 6) is -0.957. The van der Waals surface area contributed by atoms with E-state index >= 15 is 0 Å². The average molecular weight is 950 g/mol. The zero-order valence-corrected chi connectivity index (χ0v) is 44.9. The number of allylic oxidation sites excluding steroid dienone is 12. The minimum Gasteiger partial charge on any atom is -0.462 e. The zero-order valence-electron chi connectivity index (χ0n) is 44.9. The lowest BCUT2D eigenvalue weighted by Gasteiger charge is -2.18. The van der Waals surface area contributed by atoms with Gasteiger partial charge in [-0.25, -0.2) is 0 Å². The Morgan fingerprint density at radius 2 is 0.588 bits per heavy atom. The molecule has 0 aliphatic carbocycles. The predicted molar refractivity (Wildman–Crippen MR) is 293 cm³/mol. The maximum Gasteiger partial charge on any atom is 0.306 e. The first-order chi connectivity index (χ1) is 33.5. The van der Waals surface area contributed by atoms with E-state index in [1.54, 1.807) is 0 Å². The van der Waals surface area contributed by atoms with Gasteiger partial charge in [0.1, 0.15) is 13.2 Å². The summed E-state index contributed by atoms with van der Waals surface area (Å²) in [4.78, 5) is 38.1. The molecule has 1 unspecified atom stereocenters. The quantitative estimate of drug-likeness (QED) is 0.0262. The Morgan fingerprint density at radius 3 is 0.971 bits per heavy atom. The molecule has 0 saturated carbocycles. The molecule has 0 spiro atoms. The molecule has 1 atom stereocenters. The molecule has 0 aromatic carbocycles. The van der Waals surface area contributed by atoms with Gasteiger partial charge in [-0.2, -0.15) is 0 Å². The van der Waals surface area contributed by atoms with E-state index < -0.39 is 6.10 Å². The van der Waals surface area contributed by atoms with Crippen molar-refractivity contribution >= 4 is 17.9 Å². The number of carbonyl (C=O) groups excluding carboxylic acids is 3. The van der Waals surface area contributed by atoms with Gasteiger partial charge in [0.25, 0.3) is 0 Å². The van der Waals surface area contributed by atoms with Crippen LogP contribution in [0.2, 0.25) is 0 Å². The summed E-state index contributed by atoms with van der Waals surface area (Å²) in [6.45, 7) is 6.48. The van der Waals surface area contributed by atoms with Crippen molar-refractivity contribution in [2.45, 2.75) is 290 Å². The summed E-state index contributed by atoms with van der Waals surface area (Å²) < 4.78 is 16.8. The molecule has 6 nitrogen and oxygen atoms in total. The monoisotopic (exact) mass is 949 g/mol. The summed E-state index contributed by atoms with van der Waals surface area (Å²) in [7, 11) is 0. The second-order valence-corrected chi connectivity index (χ2v) is 19.2. The summed E-state index contributed by atoms with van der Waals surface area (Å²) in [5.41, 5.74) is 0. The van der Waals surface area contributed by atoms with Crippen LogP contribution in [0.25, 0.3) is 0 Å². The van der Waals surface area contributed by atoms with Gasteiger partial charge in [0.05, 0.1) is 0 Å². The third-order valence-electron chi connectivity index (χ3n) is 12.4. The van der Waals surface area contributed by atoms with E-state index in [4.69, 9.17) is 14.2 Å². The average Bonchev–Trinajstić information content (AvgIpc) is 3.34. The van der Waals surface area contributed by atoms with Crippen molar-refractivity contribution in [1.82, 2.24) is 0 Å². The highest BCUT2D eigenvalue weighted by Gasteiger charge is 2.19. The van der Waals surface area contributed by atoms with Crippen LogP contribution in [0.4, 0.5) is 0 Å². The number of ether oxygens (including phenoxy) is 3. The molecule has 0 bridgehead atoms. The molecule has 0 aliphatic heterocycles. The fraction of sp³-hybridized carbons (Fsp3) is 0.758. The number of unbranched alkanes of at least 4 members (excludes halogenated alkanes) is 29. The second-order valence-electron chi connectivity index (χ2n) is 19.2. The van der Waals surface area contributed by atoms with Gasteiger partial charge in [0.15, 0.2) is 6.10 Å². The number of rotatable bonds is 52. The smallest absolute Gasteiger partial charge is 0.306 e. The summed E-state index contributed by atoms with van der Waals surface area (Å²) in [6, 6.07) is 0. The molecule has 0 fully saturated rings. The van der Waals surface area contributed by atoms with Crippen LogP contribution < -0.4 is 0 Å². The standard InChI is InChI=1S/C62H108O6/c1-4-7-10-13-16-19-22-25-27-29-30-31-33-34-37-40-43-46-49-52-55-61(64)67-58-59(57-66-60(63)54-51-48-45-42-39-36-24-21-18-15-12-9-6-3)68-62(65)56-53-50-47-44-41-38-35-32-28-26-23-20-17-14-11-8-5-2/h8,11,17,20-21,24,26,28,35,38,44,47,59H,4-7,9-10,12-16,18-19,22-23,25,27,29-34,36-37,39-43,45-46,48-58H2,1-3H3/b11-8-,20-17-,24-21-,28-26-,38-35-,47-44-. The fourth-order valence-electron chi connectivity index (χ4n) is 8.12. The van der Waals surface area contributed by atoms with Crippen LogP contribution in [0.1, 0.15) is 284 Å². The largest absolute Gasteiger partial charge is 0.462 e. The lowest BCUT2D eigenvalue weighted by Crippen LogP contribution is -2.30. The maximum atomic E-state index is 12.8. The Morgan fingerprint density at radius 1 is 0.309 bits per heavy atom. The molecule has 0 radical (unpaired) electrons. The molecular weight excluding hydrogens is 841 g/mol. The van der Waals surface area contributed by atoms with Crippen LogP contribution in [0.5, 0.6) is 0 Å². The van der Waals surface area contributed by atoms with Crippen molar-refractivity contribution in [1.29, 1.82) is 0 Å². The zero-order chi connectivity index (χ0) is 49.3.